The van der Waals surface area contributed by atoms with E-state index in [9.17, 15) is 5.11 Å². The number of rotatable bonds is 8. The van der Waals surface area contributed by atoms with Crippen molar-refractivity contribution >= 4 is 27.5 Å². The Morgan fingerprint density at radius 2 is 1.76 bits per heavy atom. The highest BCUT2D eigenvalue weighted by atomic mass is 19.1. The molecule has 2 aromatic carbocycles. The minimum Gasteiger partial charge on any atom is -0.508 e. The van der Waals surface area contributed by atoms with Crippen LogP contribution in [-0.4, -0.2) is 97.3 Å². The van der Waals surface area contributed by atoms with Gasteiger partial charge in [-0.1, -0.05) is 18.6 Å². The number of piperidine rings is 1. The van der Waals surface area contributed by atoms with Gasteiger partial charge < -0.3 is 29.0 Å². The number of aromatic nitrogens is 3. The zero-order valence-corrected chi connectivity index (χ0v) is 28.6. The minimum atomic E-state index is -0.771. The fourth-order valence-electron chi connectivity index (χ4n) is 8.93. The topological polar surface area (TPSA) is 102 Å². The number of benzene rings is 2. The second kappa shape index (κ2) is 14.0. The van der Waals surface area contributed by atoms with Crippen molar-refractivity contribution in [3.8, 4) is 28.9 Å². The first-order valence-electron chi connectivity index (χ1n) is 18.1. The van der Waals surface area contributed by atoms with E-state index in [1.165, 1.54) is 25.3 Å². The molecular formula is C38H45F2N5O5. The summed E-state index contributed by atoms with van der Waals surface area (Å²) in [4.78, 5) is 19.0. The van der Waals surface area contributed by atoms with Gasteiger partial charge in [-0.05, 0) is 81.0 Å². The molecule has 3 saturated heterocycles. The molecule has 50 heavy (non-hydrogen) atoms. The van der Waals surface area contributed by atoms with Gasteiger partial charge in [-0.2, -0.15) is 9.97 Å². The van der Waals surface area contributed by atoms with Gasteiger partial charge in [-0.3, -0.25) is 4.90 Å². The normalized spacial score (nSPS) is 23.7. The number of ether oxygens (including phenoxy) is 4. The summed E-state index contributed by atoms with van der Waals surface area (Å²) < 4.78 is 56.1. The lowest BCUT2D eigenvalue weighted by molar-refractivity contribution is -0.0203. The molecule has 2 unspecified atom stereocenters. The van der Waals surface area contributed by atoms with Crippen molar-refractivity contribution in [1.29, 1.82) is 0 Å². The van der Waals surface area contributed by atoms with Gasteiger partial charge in [0.2, 0.25) is 5.88 Å². The zero-order chi connectivity index (χ0) is 34.2. The van der Waals surface area contributed by atoms with Crippen molar-refractivity contribution in [3.63, 3.8) is 0 Å². The van der Waals surface area contributed by atoms with Crippen LogP contribution in [0.2, 0.25) is 0 Å². The molecule has 2 atom stereocenters. The minimum absolute atomic E-state index is 0.0318. The fraction of sp³-hybridized carbons (Fsp3) is 0.553. The third-order valence-corrected chi connectivity index (χ3v) is 11.3. The molecule has 4 aliphatic rings. The summed E-state index contributed by atoms with van der Waals surface area (Å²) in [5.41, 5.74) is -0.146. The first-order chi connectivity index (χ1) is 24.4. The number of phenols is 1. The number of phenolic OH excluding ortho intramolecular Hbond substituents is 1. The summed E-state index contributed by atoms with van der Waals surface area (Å²) in [5, 5.41) is 11.4. The number of anilines is 1. The van der Waals surface area contributed by atoms with Crippen LogP contribution >= 0.6 is 0 Å². The summed E-state index contributed by atoms with van der Waals surface area (Å²) in [7, 11) is 1.46. The predicted molar refractivity (Wildman–Crippen MR) is 186 cm³/mol. The highest BCUT2D eigenvalue weighted by Crippen LogP contribution is 2.49. The van der Waals surface area contributed by atoms with Crippen LogP contribution in [0.5, 0.6) is 17.6 Å². The maximum absolute atomic E-state index is 17.0. The summed E-state index contributed by atoms with van der Waals surface area (Å²) in [6.07, 6.45) is 8.51. The average Bonchev–Trinajstić information content (AvgIpc) is 3.38. The van der Waals surface area contributed by atoms with E-state index in [1.54, 1.807) is 12.1 Å². The van der Waals surface area contributed by atoms with Gasteiger partial charge in [0.05, 0.1) is 20.3 Å². The van der Waals surface area contributed by atoms with Gasteiger partial charge in [0.15, 0.2) is 5.82 Å². The number of methoxy groups -OCH3 is 1. The molecule has 8 rings (SSSR count). The molecule has 2 aromatic heterocycles. The molecule has 1 aliphatic carbocycles. The standard InChI is InChI=1S/C38H45F2N5O5/c1-47-36-31-34(32(40)33(41-36)27-21-26(46)20-25-6-2-7-28(39)30(25)27)42-37(43-35(31)44-14-5-16-48-19-15-44)50-23-38-11-3-8-29(38)45(13-4-12-38)22-24-9-17-49-18-10-24/h2,6-7,20-21,24,29,46H,3-5,8-19,22-23H2,1H3. The van der Waals surface area contributed by atoms with Crippen LogP contribution in [0, 0.1) is 23.0 Å². The second-order valence-corrected chi connectivity index (χ2v) is 14.3. The number of hydrogen-bond donors (Lipinski definition) is 1. The summed E-state index contributed by atoms with van der Waals surface area (Å²) in [5.74, 6) is -0.253. The predicted octanol–water partition coefficient (Wildman–Crippen LogP) is 6.50. The van der Waals surface area contributed by atoms with Gasteiger partial charge >= 0.3 is 6.01 Å². The van der Waals surface area contributed by atoms with Crippen LogP contribution in [0.3, 0.4) is 0 Å². The Morgan fingerprint density at radius 1 is 0.920 bits per heavy atom. The van der Waals surface area contributed by atoms with E-state index in [-0.39, 0.29) is 45.2 Å². The van der Waals surface area contributed by atoms with Crippen molar-refractivity contribution in [2.24, 2.45) is 11.3 Å². The van der Waals surface area contributed by atoms with E-state index < -0.39 is 11.6 Å². The van der Waals surface area contributed by atoms with E-state index in [0.717, 1.165) is 77.7 Å². The quantitative estimate of drug-likeness (QED) is 0.221. The largest absolute Gasteiger partial charge is 0.508 e. The maximum atomic E-state index is 17.0. The molecule has 266 valence electrons. The lowest BCUT2D eigenvalue weighted by atomic mass is 9.75. The Kier molecular flexibility index (Phi) is 9.34. The second-order valence-electron chi connectivity index (χ2n) is 14.3. The van der Waals surface area contributed by atoms with Crippen molar-refractivity contribution in [1.82, 2.24) is 19.9 Å². The molecular weight excluding hydrogens is 644 g/mol. The van der Waals surface area contributed by atoms with Crippen molar-refractivity contribution in [3.05, 3.63) is 42.0 Å². The van der Waals surface area contributed by atoms with Crippen LogP contribution in [0.15, 0.2) is 30.3 Å². The molecule has 0 amide bonds. The highest BCUT2D eigenvalue weighted by Gasteiger charge is 2.49. The Labute approximate surface area is 290 Å². The SMILES string of the molecule is COc1nc(-c2cc(O)cc3cccc(F)c23)c(F)c2nc(OCC34CCCC3N(CC3CCOCC3)CCC4)nc(N3CCCOCC3)c12. The van der Waals surface area contributed by atoms with Crippen LogP contribution < -0.4 is 14.4 Å². The van der Waals surface area contributed by atoms with Gasteiger partial charge in [0.1, 0.15) is 34.0 Å². The van der Waals surface area contributed by atoms with Crippen molar-refractivity contribution in [2.75, 3.05) is 71.2 Å². The van der Waals surface area contributed by atoms with Gasteiger partial charge in [0, 0.05) is 61.9 Å². The molecule has 1 saturated carbocycles. The molecule has 1 N–H and O–H groups in total. The average molecular weight is 690 g/mol. The van der Waals surface area contributed by atoms with E-state index in [4.69, 9.17) is 28.9 Å². The van der Waals surface area contributed by atoms with Gasteiger partial charge in [0.25, 0.3) is 0 Å². The first-order valence-corrected chi connectivity index (χ1v) is 18.1. The maximum Gasteiger partial charge on any atom is 0.319 e. The molecule has 4 fully saturated rings. The Bertz CT molecular complexity index is 1870. The monoisotopic (exact) mass is 689 g/mol. The van der Waals surface area contributed by atoms with Crippen LogP contribution in [-0.2, 0) is 9.47 Å². The molecule has 0 spiro atoms. The fourth-order valence-corrected chi connectivity index (χ4v) is 8.93. The van der Waals surface area contributed by atoms with Crippen LogP contribution in [0.4, 0.5) is 14.6 Å². The van der Waals surface area contributed by atoms with E-state index >= 15 is 8.78 Å². The smallest absolute Gasteiger partial charge is 0.319 e. The van der Waals surface area contributed by atoms with Gasteiger partial charge in [-0.25, -0.2) is 13.8 Å². The number of likely N-dealkylation sites (tertiary alicyclic amines) is 1. The number of halogens is 2. The third kappa shape index (κ3) is 6.19. The zero-order valence-electron chi connectivity index (χ0n) is 28.6. The van der Waals surface area contributed by atoms with E-state index in [1.807, 2.05) is 4.90 Å². The molecule has 10 nitrogen and oxygen atoms in total. The first kappa shape index (κ1) is 33.3. The Morgan fingerprint density at radius 3 is 2.62 bits per heavy atom. The number of aromatic hydroxyl groups is 1. The third-order valence-electron chi connectivity index (χ3n) is 11.3. The lowest BCUT2D eigenvalue weighted by Crippen LogP contribution is -2.53. The summed E-state index contributed by atoms with van der Waals surface area (Å²) >= 11 is 0. The Balaban J connectivity index is 1.21. The number of pyridine rings is 1. The van der Waals surface area contributed by atoms with Gasteiger partial charge in [-0.15, -0.1) is 0 Å². The van der Waals surface area contributed by atoms with Crippen molar-refractivity contribution < 1.29 is 32.8 Å². The Hall–Kier alpha value is -3.87. The van der Waals surface area contributed by atoms with Crippen LogP contribution in [0.1, 0.15) is 51.4 Å². The molecule has 4 aromatic rings. The number of fused-ring (bicyclic) bond motifs is 3. The summed E-state index contributed by atoms with van der Waals surface area (Å²) in [6.45, 7) is 6.59. The van der Waals surface area contributed by atoms with Crippen molar-refractivity contribution in [2.45, 2.75) is 57.4 Å². The lowest BCUT2D eigenvalue weighted by Gasteiger charge is -2.47. The highest BCUT2D eigenvalue weighted by molar-refractivity contribution is 6.02. The molecule has 0 radical (unpaired) electrons. The molecule has 0 bridgehead atoms. The summed E-state index contributed by atoms with van der Waals surface area (Å²) in [6, 6.07) is 7.78. The molecule has 3 aliphatic heterocycles. The van der Waals surface area contributed by atoms with Crippen LogP contribution in [0.25, 0.3) is 32.9 Å². The number of hydrogen-bond acceptors (Lipinski definition) is 10. The molecule has 12 heteroatoms. The van der Waals surface area contributed by atoms with E-state index in [0.29, 0.717) is 61.5 Å². The number of nitrogens with zero attached hydrogens (tertiary/aromatic N) is 5. The van der Waals surface area contributed by atoms with E-state index in [2.05, 4.69) is 9.88 Å². The molecule has 5 heterocycles.